The van der Waals surface area contributed by atoms with Crippen molar-refractivity contribution in [1.29, 1.82) is 0 Å². The monoisotopic (exact) mass is 508 g/mol. The number of carbonyl (C=O) groups is 3. The van der Waals surface area contributed by atoms with E-state index in [4.69, 9.17) is 0 Å². The molecule has 3 rings (SSSR count). The Morgan fingerprint density at radius 1 is 1.11 bits per heavy atom. The standard InChI is InChI=1S/C34H52O3/c1-8-12-27(28(9-2)31(36)17-23(5)35)18-25-19-30-29(22(3)4)21-26(24(6)33(30)32(37)20-25)13-16-34(7)14-10-11-15-34/h21-22,25,27-28H,8-20H2,1-7H3. The number of benzene rings is 1. The van der Waals surface area contributed by atoms with Gasteiger partial charge in [0.2, 0.25) is 0 Å². The maximum Gasteiger partial charge on any atom is 0.163 e. The Morgan fingerprint density at radius 2 is 1.78 bits per heavy atom. The van der Waals surface area contributed by atoms with Crippen LogP contribution in [0.2, 0.25) is 0 Å². The normalized spacial score (nSPS) is 20.6. The summed E-state index contributed by atoms with van der Waals surface area (Å²) in [5.41, 5.74) is 6.71. The Bertz CT molecular complexity index is 979. The van der Waals surface area contributed by atoms with Gasteiger partial charge in [0.05, 0.1) is 6.42 Å². The number of hydrogen-bond donors (Lipinski definition) is 0. The second-order valence-corrected chi connectivity index (χ2v) is 13.1. The van der Waals surface area contributed by atoms with Crippen molar-refractivity contribution in [1.82, 2.24) is 0 Å². The summed E-state index contributed by atoms with van der Waals surface area (Å²) in [4.78, 5) is 38.3. The third-order valence-corrected chi connectivity index (χ3v) is 9.65. The van der Waals surface area contributed by atoms with Crippen molar-refractivity contribution in [3.8, 4) is 0 Å². The number of rotatable bonds is 13. The molecule has 0 radical (unpaired) electrons. The van der Waals surface area contributed by atoms with Crippen molar-refractivity contribution in [2.45, 2.75) is 138 Å². The maximum absolute atomic E-state index is 13.7. The molecule has 0 amide bonds. The molecule has 0 spiro atoms. The first-order valence-electron chi connectivity index (χ1n) is 15.2. The molecule has 0 N–H and O–H groups in total. The van der Waals surface area contributed by atoms with Gasteiger partial charge in [-0.15, -0.1) is 0 Å². The van der Waals surface area contributed by atoms with Gasteiger partial charge in [-0.1, -0.05) is 66.4 Å². The average molecular weight is 509 g/mol. The summed E-state index contributed by atoms with van der Waals surface area (Å²) in [7, 11) is 0. The smallest absolute Gasteiger partial charge is 0.163 e. The zero-order valence-corrected chi connectivity index (χ0v) is 24.8. The van der Waals surface area contributed by atoms with Crippen LogP contribution in [0.4, 0.5) is 0 Å². The Balaban J connectivity index is 1.86. The highest BCUT2D eigenvalue weighted by atomic mass is 16.1. The Kier molecular flexibility index (Phi) is 10.3. The highest BCUT2D eigenvalue weighted by molar-refractivity contribution is 6.01. The van der Waals surface area contributed by atoms with Gasteiger partial charge < -0.3 is 0 Å². The van der Waals surface area contributed by atoms with E-state index < -0.39 is 0 Å². The van der Waals surface area contributed by atoms with Gasteiger partial charge in [0, 0.05) is 17.9 Å². The maximum atomic E-state index is 13.7. The summed E-state index contributed by atoms with van der Waals surface area (Å²) < 4.78 is 0. The van der Waals surface area contributed by atoms with E-state index in [1.54, 1.807) is 0 Å². The molecular formula is C34H52O3. The number of ketones is 3. The molecule has 0 aromatic heterocycles. The lowest BCUT2D eigenvalue weighted by atomic mass is 9.70. The predicted molar refractivity (Wildman–Crippen MR) is 153 cm³/mol. The topological polar surface area (TPSA) is 51.2 Å². The van der Waals surface area contributed by atoms with Gasteiger partial charge in [-0.3, -0.25) is 14.4 Å². The third-order valence-electron chi connectivity index (χ3n) is 9.65. The zero-order chi connectivity index (χ0) is 27.3. The molecule has 3 nitrogen and oxygen atoms in total. The van der Waals surface area contributed by atoms with Crippen LogP contribution in [-0.2, 0) is 22.4 Å². The van der Waals surface area contributed by atoms with Crippen LogP contribution < -0.4 is 0 Å². The molecule has 0 saturated heterocycles. The highest BCUT2D eigenvalue weighted by Crippen LogP contribution is 2.43. The Labute approximate surface area is 226 Å². The fourth-order valence-corrected chi connectivity index (χ4v) is 7.58. The van der Waals surface area contributed by atoms with Crippen molar-refractivity contribution < 1.29 is 14.4 Å². The minimum atomic E-state index is -0.0778. The van der Waals surface area contributed by atoms with Crippen LogP contribution >= 0.6 is 0 Å². The zero-order valence-electron chi connectivity index (χ0n) is 24.8. The second-order valence-electron chi connectivity index (χ2n) is 13.1. The number of aryl methyl sites for hydroxylation is 1. The molecule has 1 fully saturated rings. The molecule has 0 bridgehead atoms. The fraction of sp³-hybridized carbons (Fsp3) is 0.735. The SMILES string of the molecule is CCCC(CC1CC(=O)c2c(C)c(CCC3(C)CCCC3)cc(C(C)C)c2C1)C(CC)C(=O)CC(C)=O. The molecule has 3 unspecified atom stereocenters. The van der Waals surface area contributed by atoms with Crippen LogP contribution in [0.5, 0.6) is 0 Å². The van der Waals surface area contributed by atoms with Crippen molar-refractivity contribution in [2.75, 3.05) is 0 Å². The minimum Gasteiger partial charge on any atom is -0.300 e. The van der Waals surface area contributed by atoms with Crippen molar-refractivity contribution >= 4 is 17.3 Å². The van der Waals surface area contributed by atoms with Crippen LogP contribution in [0.1, 0.15) is 151 Å². The summed E-state index contributed by atoms with van der Waals surface area (Å²) in [6.45, 7) is 14.9. The summed E-state index contributed by atoms with van der Waals surface area (Å²) in [6.07, 6.45) is 12.9. The predicted octanol–water partition coefficient (Wildman–Crippen LogP) is 8.76. The van der Waals surface area contributed by atoms with E-state index in [1.807, 2.05) is 0 Å². The molecule has 37 heavy (non-hydrogen) atoms. The lowest BCUT2D eigenvalue weighted by Gasteiger charge is -2.34. The Hall–Kier alpha value is -1.77. The Morgan fingerprint density at radius 3 is 2.35 bits per heavy atom. The quantitative estimate of drug-likeness (QED) is 0.250. The van der Waals surface area contributed by atoms with Crippen LogP contribution in [-0.4, -0.2) is 17.3 Å². The van der Waals surface area contributed by atoms with E-state index in [1.165, 1.54) is 61.3 Å². The summed E-state index contributed by atoms with van der Waals surface area (Å²) in [6, 6.07) is 2.43. The van der Waals surface area contributed by atoms with Gasteiger partial charge in [-0.2, -0.15) is 0 Å². The minimum absolute atomic E-state index is 0.0453. The van der Waals surface area contributed by atoms with Crippen molar-refractivity contribution in [2.24, 2.45) is 23.2 Å². The van der Waals surface area contributed by atoms with Crippen LogP contribution in [0.25, 0.3) is 0 Å². The summed E-state index contributed by atoms with van der Waals surface area (Å²) in [5, 5.41) is 0. The van der Waals surface area contributed by atoms with Gasteiger partial charge in [0.25, 0.3) is 0 Å². The molecule has 206 valence electrons. The fourth-order valence-electron chi connectivity index (χ4n) is 7.58. The lowest BCUT2D eigenvalue weighted by Crippen LogP contribution is -2.30. The third kappa shape index (κ3) is 7.21. The van der Waals surface area contributed by atoms with E-state index in [9.17, 15) is 14.4 Å². The molecule has 0 aliphatic heterocycles. The second kappa shape index (κ2) is 12.9. The van der Waals surface area contributed by atoms with Gasteiger partial charge in [-0.05, 0) is 104 Å². The van der Waals surface area contributed by atoms with E-state index >= 15 is 0 Å². The van der Waals surface area contributed by atoms with Crippen LogP contribution in [0, 0.1) is 30.1 Å². The van der Waals surface area contributed by atoms with Gasteiger partial charge in [0.15, 0.2) is 5.78 Å². The van der Waals surface area contributed by atoms with E-state index in [2.05, 4.69) is 47.6 Å². The number of fused-ring (bicyclic) bond motifs is 1. The molecule has 1 aromatic carbocycles. The molecule has 3 atom stereocenters. The average Bonchev–Trinajstić information content (AvgIpc) is 3.24. The van der Waals surface area contributed by atoms with Crippen LogP contribution in [0.3, 0.4) is 0 Å². The largest absolute Gasteiger partial charge is 0.300 e. The summed E-state index contributed by atoms with van der Waals surface area (Å²) >= 11 is 0. The molecule has 0 heterocycles. The van der Waals surface area contributed by atoms with Crippen molar-refractivity contribution in [3.63, 3.8) is 0 Å². The summed E-state index contributed by atoms with van der Waals surface area (Å²) in [5.74, 6) is 1.18. The van der Waals surface area contributed by atoms with E-state index in [-0.39, 0.29) is 35.7 Å². The molecular weight excluding hydrogens is 456 g/mol. The van der Waals surface area contributed by atoms with Crippen LogP contribution in [0.15, 0.2) is 6.07 Å². The lowest BCUT2D eigenvalue weighted by molar-refractivity contribution is -0.129. The molecule has 1 aromatic rings. The molecule has 2 aliphatic carbocycles. The first-order chi connectivity index (χ1) is 17.5. The van der Waals surface area contributed by atoms with Gasteiger partial charge in [-0.25, -0.2) is 0 Å². The van der Waals surface area contributed by atoms with Gasteiger partial charge in [0.1, 0.15) is 11.6 Å². The number of hydrogen-bond acceptors (Lipinski definition) is 3. The van der Waals surface area contributed by atoms with Gasteiger partial charge >= 0.3 is 0 Å². The highest BCUT2D eigenvalue weighted by Gasteiger charge is 2.35. The number of carbonyl (C=O) groups excluding carboxylic acids is 3. The van der Waals surface area contributed by atoms with E-state index in [0.29, 0.717) is 23.5 Å². The molecule has 3 heteroatoms. The van der Waals surface area contributed by atoms with E-state index in [0.717, 1.165) is 44.1 Å². The molecule has 2 aliphatic rings. The number of Topliss-reactive ketones (excluding diaryl/α,β-unsaturated/α-hetero) is 3. The first kappa shape index (κ1) is 29.8. The van der Waals surface area contributed by atoms with Crippen molar-refractivity contribution in [3.05, 3.63) is 33.9 Å². The first-order valence-corrected chi connectivity index (χ1v) is 15.2. The molecule has 1 saturated carbocycles.